The summed E-state index contributed by atoms with van der Waals surface area (Å²) in [5.41, 5.74) is 0.404. The van der Waals surface area contributed by atoms with Gasteiger partial charge in [0.2, 0.25) is 5.28 Å². The second-order valence-electron chi connectivity index (χ2n) is 3.16. The van der Waals surface area contributed by atoms with Crippen LogP contribution in [0.25, 0.3) is 0 Å². The zero-order chi connectivity index (χ0) is 12.3. The van der Waals surface area contributed by atoms with Gasteiger partial charge < -0.3 is 5.32 Å². The normalized spacial score (nSPS) is 10.0. The fourth-order valence-corrected chi connectivity index (χ4v) is 1.34. The topological polar surface area (TPSA) is 54.9 Å². The first kappa shape index (κ1) is 11.5. The summed E-state index contributed by atoms with van der Waals surface area (Å²) >= 11 is 5.51. The van der Waals surface area contributed by atoms with Crippen molar-refractivity contribution in [1.82, 2.24) is 9.97 Å². The van der Waals surface area contributed by atoms with Crippen molar-refractivity contribution in [3.05, 3.63) is 53.2 Å². The predicted octanol–water partition coefficient (Wildman–Crippen LogP) is 2.52. The lowest BCUT2D eigenvalue weighted by atomic mass is 10.2. The molecule has 4 nitrogen and oxygen atoms in total. The van der Waals surface area contributed by atoms with Crippen molar-refractivity contribution in [2.24, 2.45) is 0 Å². The van der Waals surface area contributed by atoms with Crippen LogP contribution < -0.4 is 5.32 Å². The van der Waals surface area contributed by atoms with Gasteiger partial charge in [0, 0.05) is 5.56 Å². The summed E-state index contributed by atoms with van der Waals surface area (Å²) in [5, 5.41) is 2.19. The number of nitrogens with one attached hydrogen (secondary N) is 1. The van der Waals surface area contributed by atoms with Crippen molar-refractivity contribution in [2.45, 2.75) is 0 Å². The van der Waals surface area contributed by atoms with E-state index in [1.54, 1.807) is 30.3 Å². The molecule has 0 bridgehead atoms. The second-order valence-corrected chi connectivity index (χ2v) is 3.49. The van der Waals surface area contributed by atoms with Gasteiger partial charge in [-0.1, -0.05) is 18.2 Å². The minimum atomic E-state index is -0.737. The van der Waals surface area contributed by atoms with E-state index in [9.17, 15) is 9.18 Å². The smallest absolute Gasteiger partial charge is 0.256 e. The van der Waals surface area contributed by atoms with E-state index < -0.39 is 11.7 Å². The van der Waals surface area contributed by atoms with E-state index in [1.807, 2.05) is 0 Å². The van der Waals surface area contributed by atoms with Crippen LogP contribution in [-0.4, -0.2) is 15.9 Å². The van der Waals surface area contributed by atoms with Gasteiger partial charge in [-0.15, -0.1) is 0 Å². The van der Waals surface area contributed by atoms with E-state index >= 15 is 0 Å². The number of carbonyl (C=O) groups is 1. The van der Waals surface area contributed by atoms with Gasteiger partial charge in [0.1, 0.15) is 0 Å². The number of anilines is 1. The highest BCUT2D eigenvalue weighted by Crippen LogP contribution is 2.13. The molecular weight excluding hydrogens is 245 g/mol. The van der Waals surface area contributed by atoms with Crippen molar-refractivity contribution in [3.8, 4) is 0 Å². The van der Waals surface area contributed by atoms with E-state index in [-0.39, 0.29) is 11.1 Å². The molecule has 0 atom stereocenters. The Kier molecular flexibility index (Phi) is 3.30. The summed E-state index contributed by atoms with van der Waals surface area (Å²) in [6, 6.07) is 8.40. The SMILES string of the molecule is O=C(Nc1nc(Cl)ncc1F)c1ccccc1. The Labute approximate surface area is 101 Å². The number of hydrogen-bond donors (Lipinski definition) is 1. The minimum absolute atomic E-state index is 0.130. The van der Waals surface area contributed by atoms with E-state index in [1.165, 1.54) is 0 Å². The number of nitrogens with zero attached hydrogens (tertiary/aromatic N) is 2. The highest BCUT2D eigenvalue weighted by Gasteiger charge is 2.11. The van der Waals surface area contributed by atoms with E-state index in [4.69, 9.17) is 11.6 Å². The maximum atomic E-state index is 13.2. The Hall–Kier alpha value is -2.01. The largest absolute Gasteiger partial charge is 0.304 e. The van der Waals surface area contributed by atoms with E-state index in [0.29, 0.717) is 5.56 Å². The lowest BCUT2D eigenvalue weighted by Crippen LogP contribution is -2.14. The molecule has 1 aromatic carbocycles. The maximum absolute atomic E-state index is 13.2. The van der Waals surface area contributed by atoms with Gasteiger partial charge in [0.05, 0.1) is 6.20 Å². The zero-order valence-electron chi connectivity index (χ0n) is 8.52. The Bertz CT molecular complexity index is 548. The summed E-state index contributed by atoms with van der Waals surface area (Å²) in [6.45, 7) is 0. The molecular formula is C11H7ClFN3O. The molecule has 2 aromatic rings. The Morgan fingerprint density at radius 2 is 2.00 bits per heavy atom. The van der Waals surface area contributed by atoms with Gasteiger partial charge in [-0.3, -0.25) is 4.79 Å². The molecule has 1 amide bonds. The van der Waals surface area contributed by atoms with E-state index in [0.717, 1.165) is 6.20 Å². The van der Waals surface area contributed by atoms with Gasteiger partial charge in [-0.2, -0.15) is 4.98 Å². The van der Waals surface area contributed by atoms with Crippen molar-refractivity contribution < 1.29 is 9.18 Å². The molecule has 2 rings (SSSR count). The van der Waals surface area contributed by atoms with Crippen LogP contribution in [0.15, 0.2) is 36.5 Å². The monoisotopic (exact) mass is 251 g/mol. The first-order valence-electron chi connectivity index (χ1n) is 4.71. The Balaban J connectivity index is 2.22. The molecule has 0 saturated heterocycles. The lowest BCUT2D eigenvalue weighted by molar-refractivity contribution is 0.102. The van der Waals surface area contributed by atoms with Crippen molar-refractivity contribution >= 4 is 23.3 Å². The Morgan fingerprint density at radius 3 is 2.71 bits per heavy atom. The molecule has 0 saturated carbocycles. The van der Waals surface area contributed by atoms with Crippen LogP contribution in [0.4, 0.5) is 10.2 Å². The molecule has 86 valence electrons. The number of hydrogen-bond acceptors (Lipinski definition) is 3. The summed E-state index contributed by atoms with van der Waals surface area (Å²) in [7, 11) is 0. The van der Waals surface area contributed by atoms with Crippen molar-refractivity contribution in [3.63, 3.8) is 0 Å². The van der Waals surface area contributed by atoms with Gasteiger partial charge in [-0.05, 0) is 23.7 Å². The molecule has 1 N–H and O–H groups in total. The van der Waals surface area contributed by atoms with Crippen LogP contribution in [-0.2, 0) is 0 Å². The van der Waals surface area contributed by atoms with Crippen molar-refractivity contribution in [2.75, 3.05) is 5.32 Å². The highest BCUT2D eigenvalue weighted by atomic mass is 35.5. The Morgan fingerprint density at radius 1 is 1.29 bits per heavy atom. The summed E-state index contributed by atoms with van der Waals surface area (Å²) in [4.78, 5) is 18.7. The molecule has 0 spiro atoms. The molecule has 0 unspecified atom stereocenters. The predicted molar refractivity (Wildman–Crippen MR) is 61.4 cm³/mol. The maximum Gasteiger partial charge on any atom is 0.256 e. The first-order chi connectivity index (χ1) is 8.16. The third-order valence-corrected chi connectivity index (χ3v) is 2.16. The van der Waals surface area contributed by atoms with Crippen LogP contribution in [0.3, 0.4) is 0 Å². The van der Waals surface area contributed by atoms with Gasteiger partial charge in [0.15, 0.2) is 11.6 Å². The molecule has 0 aliphatic heterocycles. The molecule has 17 heavy (non-hydrogen) atoms. The molecule has 0 fully saturated rings. The third kappa shape index (κ3) is 2.76. The third-order valence-electron chi connectivity index (χ3n) is 1.98. The van der Waals surface area contributed by atoms with Crippen LogP contribution in [0, 0.1) is 5.82 Å². The molecule has 0 aliphatic carbocycles. The molecule has 0 aliphatic rings. The average Bonchev–Trinajstić information content (AvgIpc) is 2.35. The number of aromatic nitrogens is 2. The highest BCUT2D eigenvalue weighted by molar-refractivity contribution is 6.28. The summed E-state index contributed by atoms with van der Waals surface area (Å²) in [6.07, 6.45) is 0.899. The van der Waals surface area contributed by atoms with Crippen LogP contribution >= 0.6 is 11.6 Å². The minimum Gasteiger partial charge on any atom is -0.304 e. The number of rotatable bonds is 2. The molecule has 6 heteroatoms. The van der Waals surface area contributed by atoms with Crippen molar-refractivity contribution in [1.29, 1.82) is 0 Å². The van der Waals surface area contributed by atoms with Crippen LogP contribution in [0.5, 0.6) is 0 Å². The van der Waals surface area contributed by atoms with Gasteiger partial charge in [0.25, 0.3) is 5.91 Å². The van der Waals surface area contributed by atoms with Crippen LogP contribution in [0.1, 0.15) is 10.4 Å². The number of carbonyl (C=O) groups excluding carboxylic acids is 1. The van der Waals surface area contributed by atoms with E-state index in [2.05, 4.69) is 15.3 Å². The lowest BCUT2D eigenvalue weighted by Gasteiger charge is -2.04. The summed E-state index contributed by atoms with van der Waals surface area (Å²) < 4.78 is 13.2. The quantitative estimate of drug-likeness (QED) is 0.835. The average molecular weight is 252 g/mol. The van der Waals surface area contributed by atoms with Gasteiger partial charge in [-0.25, -0.2) is 9.37 Å². The number of halogens is 2. The molecule has 0 radical (unpaired) electrons. The van der Waals surface area contributed by atoms with Crippen LogP contribution in [0.2, 0.25) is 5.28 Å². The van der Waals surface area contributed by atoms with Gasteiger partial charge >= 0.3 is 0 Å². The zero-order valence-corrected chi connectivity index (χ0v) is 9.28. The fraction of sp³-hybridized carbons (Fsp3) is 0. The summed E-state index contributed by atoms with van der Waals surface area (Å²) in [5.74, 6) is -1.43. The fourth-order valence-electron chi connectivity index (χ4n) is 1.20. The molecule has 1 aromatic heterocycles. The molecule has 1 heterocycles. The first-order valence-corrected chi connectivity index (χ1v) is 5.09. The number of benzene rings is 1. The standard InChI is InChI=1S/C11H7ClFN3O/c12-11-14-6-8(13)9(16-11)15-10(17)7-4-2-1-3-5-7/h1-6H,(H,14,15,16,17). The number of amides is 1. The second kappa shape index (κ2) is 4.88.